The van der Waals surface area contributed by atoms with Crippen LogP contribution in [0.5, 0.6) is 0 Å². The Hall–Kier alpha value is -2.87. The summed E-state index contributed by atoms with van der Waals surface area (Å²) < 4.78 is 5.41. The summed E-state index contributed by atoms with van der Waals surface area (Å²) in [6.07, 6.45) is 4.99. The smallest absolute Gasteiger partial charge is 0.249 e. The van der Waals surface area contributed by atoms with Crippen molar-refractivity contribution in [2.24, 2.45) is 0 Å². The van der Waals surface area contributed by atoms with E-state index in [0.717, 1.165) is 21.6 Å². The van der Waals surface area contributed by atoms with Crippen LogP contribution in [0.4, 0.5) is 5.82 Å². The molecule has 0 saturated heterocycles. The Morgan fingerprint density at radius 1 is 1.24 bits per heavy atom. The predicted octanol–water partition coefficient (Wildman–Crippen LogP) is 3.93. The summed E-state index contributed by atoms with van der Waals surface area (Å²) in [5, 5.41) is 8.45. The molecule has 0 saturated carbocycles. The molecule has 7 nitrogen and oxygen atoms in total. The summed E-state index contributed by atoms with van der Waals surface area (Å²) in [5.41, 5.74) is 2.01. The van der Waals surface area contributed by atoms with Crippen molar-refractivity contribution in [3.8, 4) is 11.4 Å². The van der Waals surface area contributed by atoms with Gasteiger partial charge in [0.05, 0.1) is 5.39 Å². The molecule has 0 unspecified atom stereocenters. The monoisotopic (exact) mass is 352 g/mol. The third-order valence-corrected chi connectivity index (χ3v) is 5.17. The lowest BCUT2D eigenvalue weighted by atomic mass is 10.2. The molecular weight excluding hydrogens is 336 g/mol. The van der Waals surface area contributed by atoms with Gasteiger partial charge in [-0.1, -0.05) is 5.16 Å². The Bertz CT molecular complexity index is 1030. The van der Waals surface area contributed by atoms with Crippen molar-refractivity contribution in [1.29, 1.82) is 0 Å². The van der Waals surface area contributed by atoms with Gasteiger partial charge in [-0.05, 0) is 38.5 Å². The number of nitrogens with zero attached hydrogens (tertiary/aromatic N) is 5. The van der Waals surface area contributed by atoms with E-state index >= 15 is 0 Å². The molecule has 0 aliphatic carbocycles. The molecule has 0 fully saturated rings. The number of hydrogen-bond acceptors (Lipinski definition) is 8. The molecule has 0 amide bonds. The van der Waals surface area contributed by atoms with Crippen LogP contribution in [0.25, 0.3) is 21.6 Å². The predicted molar refractivity (Wildman–Crippen MR) is 96.5 cm³/mol. The number of thiophene rings is 1. The van der Waals surface area contributed by atoms with Gasteiger partial charge in [-0.2, -0.15) is 4.98 Å². The third kappa shape index (κ3) is 2.85. The number of pyridine rings is 1. The van der Waals surface area contributed by atoms with Crippen molar-refractivity contribution < 1.29 is 4.52 Å². The fourth-order valence-corrected chi connectivity index (χ4v) is 3.58. The summed E-state index contributed by atoms with van der Waals surface area (Å²) in [6.45, 7) is 6.14. The quantitative estimate of drug-likeness (QED) is 0.595. The number of fused-ring (bicyclic) bond motifs is 1. The second kappa shape index (κ2) is 6.21. The van der Waals surface area contributed by atoms with Gasteiger partial charge < -0.3 is 9.84 Å². The van der Waals surface area contributed by atoms with Crippen LogP contribution in [-0.4, -0.2) is 25.1 Å². The van der Waals surface area contributed by atoms with E-state index in [1.807, 2.05) is 19.1 Å². The molecule has 0 radical (unpaired) electrons. The van der Waals surface area contributed by atoms with Crippen LogP contribution in [0, 0.1) is 13.8 Å². The second-order valence-corrected chi connectivity index (χ2v) is 6.95. The van der Waals surface area contributed by atoms with Gasteiger partial charge in [-0.15, -0.1) is 11.3 Å². The summed E-state index contributed by atoms with van der Waals surface area (Å²) >= 11 is 1.67. The summed E-state index contributed by atoms with van der Waals surface area (Å²) in [6, 6.07) is 3.55. The van der Waals surface area contributed by atoms with Gasteiger partial charge in [0.15, 0.2) is 0 Å². The average Bonchev–Trinajstić information content (AvgIpc) is 3.22. The Kier molecular flexibility index (Phi) is 3.89. The normalized spacial score (nSPS) is 12.4. The topological polar surface area (TPSA) is 89.6 Å². The first-order chi connectivity index (χ1) is 12.1. The van der Waals surface area contributed by atoms with Gasteiger partial charge in [0.25, 0.3) is 0 Å². The Morgan fingerprint density at radius 3 is 2.92 bits per heavy atom. The number of hydrogen-bond donors (Lipinski definition) is 1. The Balaban J connectivity index is 1.63. The maximum Gasteiger partial charge on any atom is 0.249 e. The van der Waals surface area contributed by atoms with E-state index in [-0.39, 0.29) is 6.04 Å². The van der Waals surface area contributed by atoms with Crippen molar-refractivity contribution in [3.63, 3.8) is 0 Å². The van der Waals surface area contributed by atoms with Crippen molar-refractivity contribution in [2.45, 2.75) is 26.8 Å². The molecule has 8 heteroatoms. The van der Waals surface area contributed by atoms with Gasteiger partial charge in [0.1, 0.15) is 23.0 Å². The SMILES string of the molecule is Cc1sc2ncnc(N[C@H](C)c3nc(-c4cccnc4)no3)c2c1C. The summed E-state index contributed by atoms with van der Waals surface area (Å²) in [4.78, 5) is 19.5. The third-order valence-electron chi connectivity index (χ3n) is 4.05. The van der Waals surface area contributed by atoms with Crippen LogP contribution < -0.4 is 5.32 Å². The van der Waals surface area contributed by atoms with Crippen LogP contribution in [0.1, 0.15) is 29.3 Å². The lowest BCUT2D eigenvalue weighted by Gasteiger charge is -2.11. The maximum absolute atomic E-state index is 5.41. The molecule has 25 heavy (non-hydrogen) atoms. The highest BCUT2D eigenvalue weighted by Crippen LogP contribution is 2.33. The molecule has 4 rings (SSSR count). The van der Waals surface area contributed by atoms with Gasteiger partial charge in [0, 0.05) is 22.8 Å². The number of aromatic nitrogens is 5. The van der Waals surface area contributed by atoms with Crippen LogP contribution in [0.2, 0.25) is 0 Å². The molecule has 0 spiro atoms. The largest absolute Gasteiger partial charge is 0.358 e. The van der Waals surface area contributed by atoms with Crippen LogP contribution in [0.15, 0.2) is 35.4 Å². The number of aryl methyl sites for hydroxylation is 2. The maximum atomic E-state index is 5.41. The summed E-state index contributed by atoms with van der Waals surface area (Å²) in [5.74, 6) is 1.79. The lowest BCUT2D eigenvalue weighted by molar-refractivity contribution is 0.368. The van der Waals surface area contributed by atoms with Gasteiger partial charge in [-0.25, -0.2) is 9.97 Å². The van der Waals surface area contributed by atoms with Crippen LogP contribution >= 0.6 is 11.3 Å². The molecule has 1 N–H and O–H groups in total. The highest BCUT2D eigenvalue weighted by Gasteiger charge is 2.18. The zero-order valence-electron chi connectivity index (χ0n) is 14.0. The molecule has 0 aromatic carbocycles. The van der Waals surface area contributed by atoms with E-state index in [9.17, 15) is 0 Å². The molecule has 4 aromatic rings. The van der Waals surface area contributed by atoms with Crippen LogP contribution in [-0.2, 0) is 0 Å². The molecule has 0 aliphatic rings. The number of nitrogens with one attached hydrogen (secondary N) is 1. The van der Waals surface area contributed by atoms with E-state index in [4.69, 9.17) is 4.52 Å². The number of anilines is 1. The molecule has 0 bridgehead atoms. The molecule has 0 aliphatic heterocycles. The Labute approximate surface area is 148 Å². The lowest BCUT2D eigenvalue weighted by Crippen LogP contribution is -2.09. The summed E-state index contributed by atoms with van der Waals surface area (Å²) in [7, 11) is 0. The standard InChI is InChI=1S/C17H16N6OS/c1-9-11(3)25-17-13(9)15(19-8-20-17)21-10(2)16-22-14(23-24-16)12-5-4-6-18-7-12/h4-8,10H,1-3H3,(H,19,20,21)/t10-/m1/s1. The van der Waals surface area contributed by atoms with Crippen molar-refractivity contribution in [3.05, 3.63) is 47.2 Å². The zero-order valence-corrected chi connectivity index (χ0v) is 14.8. The zero-order chi connectivity index (χ0) is 17.4. The minimum atomic E-state index is -0.185. The van der Waals surface area contributed by atoms with E-state index in [0.29, 0.717) is 11.7 Å². The minimum absolute atomic E-state index is 0.185. The highest BCUT2D eigenvalue weighted by molar-refractivity contribution is 7.18. The molecule has 4 aromatic heterocycles. The van der Waals surface area contributed by atoms with E-state index in [2.05, 4.69) is 44.3 Å². The fraction of sp³-hybridized carbons (Fsp3) is 0.235. The minimum Gasteiger partial charge on any atom is -0.358 e. The highest BCUT2D eigenvalue weighted by atomic mass is 32.1. The van der Waals surface area contributed by atoms with E-state index < -0.39 is 0 Å². The molecular formula is C17H16N6OS. The second-order valence-electron chi connectivity index (χ2n) is 5.75. The molecule has 126 valence electrons. The van der Waals surface area contributed by atoms with Gasteiger partial charge >= 0.3 is 0 Å². The van der Waals surface area contributed by atoms with Crippen LogP contribution in [0.3, 0.4) is 0 Å². The molecule has 4 heterocycles. The average molecular weight is 352 g/mol. The Morgan fingerprint density at radius 2 is 2.12 bits per heavy atom. The first-order valence-electron chi connectivity index (χ1n) is 7.84. The van der Waals surface area contributed by atoms with E-state index in [1.54, 1.807) is 30.1 Å². The molecule has 1 atom stereocenters. The van der Waals surface area contributed by atoms with Crippen molar-refractivity contribution >= 4 is 27.4 Å². The fourth-order valence-electron chi connectivity index (χ4n) is 2.58. The number of rotatable bonds is 4. The van der Waals surface area contributed by atoms with Gasteiger partial charge in [-0.3, -0.25) is 4.98 Å². The van der Waals surface area contributed by atoms with Crippen molar-refractivity contribution in [1.82, 2.24) is 25.1 Å². The van der Waals surface area contributed by atoms with Gasteiger partial charge in [0.2, 0.25) is 11.7 Å². The first-order valence-corrected chi connectivity index (χ1v) is 8.66. The van der Waals surface area contributed by atoms with Crippen molar-refractivity contribution in [2.75, 3.05) is 5.32 Å². The first kappa shape index (κ1) is 15.6. The van der Waals surface area contributed by atoms with E-state index in [1.165, 1.54) is 10.4 Å².